The lowest BCUT2D eigenvalue weighted by atomic mass is 10.1. The molecular weight excluding hydrogens is 318 g/mol. The number of rotatable bonds is 2. The molecule has 1 heterocycles. The third-order valence-corrected chi connectivity index (χ3v) is 4.44. The summed E-state index contributed by atoms with van der Waals surface area (Å²) in [6.07, 6.45) is 2.08. The predicted molar refractivity (Wildman–Crippen MR) is 75.1 cm³/mol. The molecule has 0 radical (unpaired) electrons. The van der Waals surface area contributed by atoms with Crippen LogP contribution >= 0.6 is 27.5 Å². The van der Waals surface area contributed by atoms with Gasteiger partial charge in [-0.1, -0.05) is 11.6 Å². The third kappa shape index (κ3) is 3.05. The molecule has 1 fully saturated rings. The van der Waals surface area contributed by atoms with E-state index in [2.05, 4.69) is 15.9 Å². The summed E-state index contributed by atoms with van der Waals surface area (Å²) in [6, 6.07) is 5.27. The molecule has 0 aromatic heterocycles. The van der Waals surface area contributed by atoms with E-state index in [-0.39, 0.29) is 12.0 Å². The van der Waals surface area contributed by atoms with Crippen LogP contribution in [0.4, 0.5) is 0 Å². The minimum atomic E-state index is 0.0573. The molecule has 0 aliphatic carbocycles. The highest BCUT2D eigenvalue weighted by Crippen LogP contribution is 2.24. The Hall–Kier alpha value is -0.580. The van der Waals surface area contributed by atoms with Crippen LogP contribution in [0.1, 0.15) is 23.2 Å². The zero-order valence-corrected chi connectivity index (χ0v) is 12.5. The number of nitrogens with zero attached hydrogens (tertiary/aromatic N) is 1. The molecule has 0 N–H and O–H groups in total. The largest absolute Gasteiger partial charge is 0.381 e. The fourth-order valence-corrected chi connectivity index (χ4v) is 2.60. The molecule has 1 aliphatic heterocycles. The van der Waals surface area contributed by atoms with E-state index in [1.165, 1.54) is 0 Å². The van der Waals surface area contributed by atoms with Gasteiger partial charge in [-0.2, -0.15) is 0 Å². The highest BCUT2D eigenvalue weighted by atomic mass is 79.9. The number of carbonyl (C=O) groups excluding carboxylic acids is 1. The molecule has 0 bridgehead atoms. The van der Waals surface area contributed by atoms with E-state index in [1.807, 2.05) is 4.90 Å². The van der Waals surface area contributed by atoms with Crippen molar-refractivity contribution in [1.82, 2.24) is 4.90 Å². The van der Waals surface area contributed by atoms with E-state index in [0.29, 0.717) is 10.6 Å². The lowest BCUT2D eigenvalue weighted by molar-refractivity contribution is 0.0351. The topological polar surface area (TPSA) is 29.5 Å². The second-order valence-electron chi connectivity index (χ2n) is 4.36. The number of hydrogen-bond acceptors (Lipinski definition) is 2. The number of piperidine rings is 1. The molecule has 0 atom stereocenters. The second kappa shape index (κ2) is 6.04. The van der Waals surface area contributed by atoms with E-state index in [0.717, 1.165) is 30.4 Å². The fraction of sp³-hybridized carbons (Fsp3) is 0.462. The zero-order valence-electron chi connectivity index (χ0n) is 10.2. The first-order valence-electron chi connectivity index (χ1n) is 5.89. The van der Waals surface area contributed by atoms with Gasteiger partial charge in [-0.3, -0.25) is 4.79 Å². The SMILES string of the molecule is COC1CCN(C(=O)c2ccc(Cl)c(Br)c2)CC1. The number of carbonyl (C=O) groups is 1. The molecule has 2 rings (SSSR count). The Kier molecular flexibility index (Phi) is 4.65. The van der Waals surface area contributed by atoms with Gasteiger partial charge in [0.25, 0.3) is 5.91 Å². The van der Waals surface area contributed by atoms with Crippen molar-refractivity contribution >= 4 is 33.4 Å². The first kappa shape index (κ1) is 13.8. The van der Waals surface area contributed by atoms with Crippen molar-refractivity contribution in [1.29, 1.82) is 0 Å². The normalized spacial score (nSPS) is 16.9. The van der Waals surface area contributed by atoms with Crippen LogP contribution in [-0.2, 0) is 4.74 Å². The highest BCUT2D eigenvalue weighted by Gasteiger charge is 2.23. The van der Waals surface area contributed by atoms with Gasteiger partial charge in [-0.25, -0.2) is 0 Å². The number of methoxy groups -OCH3 is 1. The molecule has 98 valence electrons. The minimum Gasteiger partial charge on any atom is -0.381 e. The average Bonchev–Trinajstić information content (AvgIpc) is 2.41. The van der Waals surface area contributed by atoms with Crippen LogP contribution in [0.25, 0.3) is 0 Å². The second-order valence-corrected chi connectivity index (χ2v) is 5.62. The summed E-state index contributed by atoms with van der Waals surface area (Å²) < 4.78 is 6.05. The molecule has 0 unspecified atom stereocenters. The van der Waals surface area contributed by atoms with Crippen molar-refractivity contribution in [3.63, 3.8) is 0 Å². The van der Waals surface area contributed by atoms with Crippen molar-refractivity contribution < 1.29 is 9.53 Å². The summed E-state index contributed by atoms with van der Waals surface area (Å²) in [5.74, 6) is 0.0573. The number of likely N-dealkylation sites (tertiary alicyclic amines) is 1. The quantitative estimate of drug-likeness (QED) is 0.831. The van der Waals surface area contributed by atoms with Gasteiger partial charge in [-0.05, 0) is 47.0 Å². The van der Waals surface area contributed by atoms with E-state index in [9.17, 15) is 4.79 Å². The van der Waals surface area contributed by atoms with Crippen LogP contribution in [0.5, 0.6) is 0 Å². The Morgan fingerprint density at radius 1 is 1.44 bits per heavy atom. The van der Waals surface area contributed by atoms with E-state index in [4.69, 9.17) is 16.3 Å². The third-order valence-electron chi connectivity index (χ3n) is 3.23. The van der Waals surface area contributed by atoms with Crippen molar-refractivity contribution in [3.8, 4) is 0 Å². The van der Waals surface area contributed by atoms with Crippen molar-refractivity contribution in [2.75, 3.05) is 20.2 Å². The van der Waals surface area contributed by atoms with Gasteiger partial charge in [0.2, 0.25) is 0 Å². The average molecular weight is 333 g/mol. The zero-order chi connectivity index (χ0) is 13.1. The maximum atomic E-state index is 12.3. The van der Waals surface area contributed by atoms with E-state index < -0.39 is 0 Å². The lowest BCUT2D eigenvalue weighted by Gasteiger charge is -2.31. The summed E-state index contributed by atoms with van der Waals surface area (Å²) in [5.41, 5.74) is 0.669. The Labute approximate surface area is 120 Å². The number of halogens is 2. The van der Waals surface area contributed by atoms with Crippen LogP contribution in [-0.4, -0.2) is 37.1 Å². The first-order chi connectivity index (χ1) is 8.61. The number of ether oxygens (including phenoxy) is 1. The molecule has 3 nitrogen and oxygen atoms in total. The lowest BCUT2D eigenvalue weighted by Crippen LogP contribution is -2.40. The van der Waals surface area contributed by atoms with Crippen LogP contribution < -0.4 is 0 Å². The molecule has 1 aromatic rings. The maximum Gasteiger partial charge on any atom is 0.253 e. The van der Waals surface area contributed by atoms with Gasteiger partial charge in [-0.15, -0.1) is 0 Å². The van der Waals surface area contributed by atoms with E-state index >= 15 is 0 Å². The summed E-state index contributed by atoms with van der Waals surface area (Å²) in [5, 5.41) is 0.615. The number of amides is 1. The van der Waals surface area contributed by atoms with Gasteiger partial charge < -0.3 is 9.64 Å². The van der Waals surface area contributed by atoms with E-state index in [1.54, 1.807) is 25.3 Å². The van der Waals surface area contributed by atoms with Crippen LogP contribution in [0.15, 0.2) is 22.7 Å². The predicted octanol–water partition coefficient (Wildman–Crippen LogP) is 3.35. The highest BCUT2D eigenvalue weighted by molar-refractivity contribution is 9.10. The summed E-state index contributed by atoms with van der Waals surface area (Å²) >= 11 is 9.26. The minimum absolute atomic E-state index is 0.0573. The molecule has 1 saturated heterocycles. The number of hydrogen-bond donors (Lipinski definition) is 0. The van der Waals surface area contributed by atoms with Gasteiger partial charge in [0.05, 0.1) is 11.1 Å². The Balaban J connectivity index is 2.05. The Bertz CT molecular complexity index is 445. The van der Waals surface area contributed by atoms with Crippen LogP contribution in [0, 0.1) is 0 Å². The molecule has 0 saturated carbocycles. The van der Waals surface area contributed by atoms with Crippen LogP contribution in [0.3, 0.4) is 0 Å². The maximum absolute atomic E-state index is 12.3. The summed E-state index contributed by atoms with van der Waals surface area (Å²) in [4.78, 5) is 14.1. The first-order valence-corrected chi connectivity index (χ1v) is 7.06. The van der Waals surface area contributed by atoms with Gasteiger partial charge >= 0.3 is 0 Å². The Morgan fingerprint density at radius 2 is 2.11 bits per heavy atom. The monoisotopic (exact) mass is 331 g/mol. The molecule has 1 aromatic carbocycles. The standard InChI is InChI=1S/C13H15BrClNO2/c1-18-10-4-6-16(7-5-10)13(17)9-2-3-12(15)11(14)8-9/h2-3,8,10H,4-7H2,1H3. The smallest absolute Gasteiger partial charge is 0.253 e. The van der Waals surface area contributed by atoms with Crippen molar-refractivity contribution in [2.24, 2.45) is 0 Å². The van der Waals surface area contributed by atoms with Crippen LogP contribution in [0.2, 0.25) is 5.02 Å². The molecule has 1 amide bonds. The van der Waals surface area contributed by atoms with Gasteiger partial charge in [0.15, 0.2) is 0 Å². The van der Waals surface area contributed by atoms with Gasteiger partial charge in [0.1, 0.15) is 0 Å². The molecule has 18 heavy (non-hydrogen) atoms. The Morgan fingerprint density at radius 3 is 2.67 bits per heavy atom. The van der Waals surface area contributed by atoms with Crippen molar-refractivity contribution in [2.45, 2.75) is 18.9 Å². The molecule has 0 spiro atoms. The number of benzene rings is 1. The summed E-state index contributed by atoms with van der Waals surface area (Å²) in [6.45, 7) is 1.50. The fourth-order valence-electron chi connectivity index (χ4n) is 2.11. The summed E-state index contributed by atoms with van der Waals surface area (Å²) in [7, 11) is 1.72. The molecule has 1 aliphatic rings. The van der Waals surface area contributed by atoms with Crippen molar-refractivity contribution in [3.05, 3.63) is 33.3 Å². The molecule has 5 heteroatoms. The van der Waals surface area contributed by atoms with Gasteiger partial charge in [0, 0.05) is 30.2 Å². The molecular formula is C13H15BrClNO2.